The van der Waals surface area contributed by atoms with Crippen molar-refractivity contribution in [2.75, 3.05) is 6.54 Å². The lowest BCUT2D eigenvalue weighted by atomic mass is 9.99. The van der Waals surface area contributed by atoms with Gasteiger partial charge in [0, 0.05) is 48.1 Å². The molecular formula is C23H24N4O3. The van der Waals surface area contributed by atoms with Gasteiger partial charge in [0.2, 0.25) is 5.91 Å². The molecule has 0 N–H and O–H groups in total. The van der Waals surface area contributed by atoms with Crippen LogP contribution in [0.15, 0.2) is 54.7 Å². The highest BCUT2D eigenvalue weighted by molar-refractivity contribution is 5.95. The minimum absolute atomic E-state index is 0.0199. The summed E-state index contributed by atoms with van der Waals surface area (Å²) in [6, 6.07) is 12.4. The van der Waals surface area contributed by atoms with E-state index in [0.717, 1.165) is 42.5 Å². The third-order valence-electron chi connectivity index (χ3n) is 5.70. The van der Waals surface area contributed by atoms with Crippen LogP contribution in [0.2, 0.25) is 0 Å². The second-order valence-corrected chi connectivity index (χ2v) is 7.52. The van der Waals surface area contributed by atoms with E-state index in [-0.39, 0.29) is 11.6 Å². The predicted octanol–water partition coefficient (Wildman–Crippen LogP) is 4.71. The summed E-state index contributed by atoms with van der Waals surface area (Å²) >= 11 is 0. The summed E-state index contributed by atoms with van der Waals surface area (Å²) in [4.78, 5) is 25.4. The maximum atomic E-state index is 12.9. The van der Waals surface area contributed by atoms with Crippen LogP contribution in [-0.2, 0) is 4.79 Å². The monoisotopic (exact) mass is 404 g/mol. The Morgan fingerprint density at radius 1 is 1.23 bits per heavy atom. The third-order valence-corrected chi connectivity index (χ3v) is 5.70. The van der Waals surface area contributed by atoms with E-state index in [1.54, 1.807) is 22.7 Å². The van der Waals surface area contributed by atoms with Gasteiger partial charge < -0.3 is 4.90 Å². The molecule has 30 heavy (non-hydrogen) atoms. The number of carbonyl (C=O) groups excluding carboxylic acids is 1. The van der Waals surface area contributed by atoms with Gasteiger partial charge in [-0.2, -0.15) is 5.10 Å². The van der Waals surface area contributed by atoms with Crippen molar-refractivity contribution in [1.29, 1.82) is 0 Å². The number of amides is 1. The molecule has 1 atom stereocenters. The maximum absolute atomic E-state index is 12.9. The zero-order valence-electron chi connectivity index (χ0n) is 16.9. The fourth-order valence-corrected chi connectivity index (χ4v) is 4.10. The Bertz CT molecular complexity index is 1100. The van der Waals surface area contributed by atoms with Crippen LogP contribution in [0.25, 0.3) is 22.9 Å². The topological polar surface area (TPSA) is 80.8 Å². The lowest BCUT2D eigenvalue weighted by Crippen LogP contribution is -2.42. The molecule has 0 aliphatic carbocycles. The highest BCUT2D eigenvalue weighted by Gasteiger charge is 2.24. The zero-order chi connectivity index (χ0) is 21.1. The number of likely N-dealkylation sites (tertiary alicyclic amines) is 1. The number of benzene rings is 1. The number of nitro benzene ring substituents is 1. The van der Waals surface area contributed by atoms with Crippen LogP contribution in [0, 0.1) is 10.1 Å². The first-order valence-corrected chi connectivity index (χ1v) is 10.3. The van der Waals surface area contributed by atoms with Crippen LogP contribution >= 0.6 is 0 Å². The molecule has 1 fully saturated rings. The molecule has 154 valence electrons. The molecule has 1 unspecified atom stereocenters. The van der Waals surface area contributed by atoms with Crippen molar-refractivity contribution >= 4 is 23.2 Å². The van der Waals surface area contributed by atoms with Crippen LogP contribution in [0.5, 0.6) is 0 Å². The van der Waals surface area contributed by atoms with E-state index >= 15 is 0 Å². The van der Waals surface area contributed by atoms with Gasteiger partial charge in [0.1, 0.15) is 5.69 Å². The van der Waals surface area contributed by atoms with E-state index in [1.165, 1.54) is 18.6 Å². The summed E-state index contributed by atoms with van der Waals surface area (Å²) in [5, 5.41) is 15.6. The van der Waals surface area contributed by atoms with Crippen LogP contribution < -0.4 is 0 Å². The third kappa shape index (κ3) is 3.83. The normalized spacial score (nSPS) is 17.0. The van der Waals surface area contributed by atoms with Gasteiger partial charge in [-0.25, -0.2) is 4.52 Å². The van der Waals surface area contributed by atoms with E-state index in [9.17, 15) is 14.9 Å². The van der Waals surface area contributed by atoms with Gasteiger partial charge in [0.05, 0.1) is 10.4 Å². The number of pyridine rings is 1. The average Bonchev–Trinajstić information content (AvgIpc) is 3.16. The second-order valence-electron chi connectivity index (χ2n) is 7.52. The van der Waals surface area contributed by atoms with Gasteiger partial charge in [-0.15, -0.1) is 0 Å². The van der Waals surface area contributed by atoms with Crippen LogP contribution in [-0.4, -0.2) is 37.9 Å². The van der Waals surface area contributed by atoms with Crippen LogP contribution in [0.3, 0.4) is 0 Å². The summed E-state index contributed by atoms with van der Waals surface area (Å²) in [5.74, 6) is 0.0199. The molecular weight excluding hydrogens is 380 g/mol. The molecule has 3 heterocycles. The van der Waals surface area contributed by atoms with Gasteiger partial charge >= 0.3 is 0 Å². The molecule has 1 aliphatic rings. The molecule has 1 aliphatic heterocycles. The lowest BCUT2D eigenvalue weighted by Gasteiger charge is -2.34. The van der Waals surface area contributed by atoms with Crippen molar-refractivity contribution in [2.24, 2.45) is 0 Å². The Morgan fingerprint density at radius 2 is 2.03 bits per heavy atom. The van der Waals surface area contributed by atoms with Gasteiger partial charge in [-0.05, 0) is 56.0 Å². The van der Waals surface area contributed by atoms with E-state index in [0.29, 0.717) is 11.7 Å². The Kier molecular flexibility index (Phi) is 5.61. The average molecular weight is 404 g/mol. The van der Waals surface area contributed by atoms with Crippen molar-refractivity contribution < 1.29 is 9.72 Å². The Balaban J connectivity index is 1.70. The molecule has 3 aromatic rings. The minimum atomic E-state index is -0.421. The van der Waals surface area contributed by atoms with Gasteiger partial charge in [-0.1, -0.05) is 13.0 Å². The van der Waals surface area contributed by atoms with Gasteiger partial charge in [0.25, 0.3) is 5.69 Å². The summed E-state index contributed by atoms with van der Waals surface area (Å²) in [6.07, 6.45) is 9.53. The number of non-ortho nitro benzene ring substituents is 1. The zero-order valence-corrected chi connectivity index (χ0v) is 16.9. The first kappa shape index (κ1) is 19.8. The fourth-order valence-electron chi connectivity index (χ4n) is 4.10. The smallest absolute Gasteiger partial charge is 0.269 e. The largest absolute Gasteiger partial charge is 0.336 e. The molecule has 7 heteroatoms. The highest BCUT2D eigenvalue weighted by atomic mass is 16.6. The SMILES string of the molecule is CCC1CCCCN1C(=O)C=Cc1c(-c2ccc([N+](=O)[O-])cc2)nn2ccccc12. The first-order valence-electron chi connectivity index (χ1n) is 10.3. The van der Waals surface area contributed by atoms with Crippen LogP contribution in [0.1, 0.15) is 38.2 Å². The molecule has 0 spiro atoms. The van der Waals surface area contributed by atoms with Crippen molar-refractivity contribution in [1.82, 2.24) is 14.5 Å². The number of rotatable bonds is 5. The Morgan fingerprint density at radius 3 is 2.77 bits per heavy atom. The molecule has 4 rings (SSSR count). The summed E-state index contributed by atoms with van der Waals surface area (Å²) < 4.78 is 1.76. The van der Waals surface area contributed by atoms with E-state index in [4.69, 9.17) is 0 Å². The van der Waals surface area contributed by atoms with E-state index < -0.39 is 4.92 Å². The molecule has 0 bridgehead atoms. The number of piperidine rings is 1. The van der Waals surface area contributed by atoms with E-state index in [1.807, 2.05) is 35.4 Å². The quantitative estimate of drug-likeness (QED) is 0.350. The summed E-state index contributed by atoms with van der Waals surface area (Å²) in [5.41, 5.74) is 3.18. The molecule has 0 saturated carbocycles. The Hall–Kier alpha value is -3.48. The van der Waals surface area contributed by atoms with E-state index in [2.05, 4.69) is 12.0 Å². The highest BCUT2D eigenvalue weighted by Crippen LogP contribution is 2.29. The molecule has 1 saturated heterocycles. The molecule has 0 radical (unpaired) electrons. The van der Waals surface area contributed by atoms with Crippen LogP contribution in [0.4, 0.5) is 5.69 Å². The van der Waals surface area contributed by atoms with Crippen molar-refractivity contribution in [3.05, 3.63) is 70.4 Å². The number of hydrogen-bond acceptors (Lipinski definition) is 4. The fraction of sp³-hybridized carbons (Fsp3) is 0.304. The number of nitro groups is 1. The summed E-state index contributed by atoms with van der Waals surface area (Å²) in [7, 11) is 0. The number of carbonyl (C=O) groups is 1. The second kappa shape index (κ2) is 8.49. The van der Waals surface area contributed by atoms with Crippen molar-refractivity contribution in [2.45, 2.75) is 38.6 Å². The number of aromatic nitrogens is 2. The number of hydrogen-bond donors (Lipinski definition) is 0. The van der Waals surface area contributed by atoms with Crippen molar-refractivity contribution in [3.63, 3.8) is 0 Å². The predicted molar refractivity (Wildman–Crippen MR) is 116 cm³/mol. The Labute approximate surface area is 174 Å². The standard InChI is InChI=1S/C23H24N4O3/c1-2-18-7-3-5-15-25(18)22(28)14-13-20-21-8-4-6-16-26(21)24-23(20)17-9-11-19(12-10-17)27(29)30/h4,6,8-14,16,18H,2-3,5,7,15H2,1H3. The maximum Gasteiger partial charge on any atom is 0.269 e. The van der Waals surface area contributed by atoms with Gasteiger partial charge in [-0.3, -0.25) is 14.9 Å². The van der Waals surface area contributed by atoms with Crippen molar-refractivity contribution in [3.8, 4) is 11.3 Å². The van der Waals surface area contributed by atoms with Gasteiger partial charge in [0.15, 0.2) is 0 Å². The molecule has 1 amide bonds. The first-order chi connectivity index (χ1) is 14.6. The lowest BCUT2D eigenvalue weighted by molar-refractivity contribution is -0.384. The molecule has 1 aromatic carbocycles. The number of nitrogens with zero attached hydrogens (tertiary/aromatic N) is 4. The minimum Gasteiger partial charge on any atom is -0.336 e. The summed E-state index contributed by atoms with van der Waals surface area (Å²) in [6.45, 7) is 2.92. The molecule has 7 nitrogen and oxygen atoms in total. The molecule has 2 aromatic heterocycles. The number of fused-ring (bicyclic) bond motifs is 1.